The van der Waals surface area contributed by atoms with Gasteiger partial charge in [-0.3, -0.25) is 4.79 Å². The van der Waals surface area contributed by atoms with Crippen LogP contribution in [0.4, 0.5) is 0 Å². The van der Waals surface area contributed by atoms with Crippen molar-refractivity contribution in [2.45, 2.75) is 25.8 Å². The van der Waals surface area contributed by atoms with Crippen LogP contribution in [0.25, 0.3) is 10.1 Å². The molecule has 4 nitrogen and oxygen atoms in total. The van der Waals surface area contributed by atoms with Gasteiger partial charge in [-0.25, -0.2) is 4.79 Å². The summed E-state index contributed by atoms with van der Waals surface area (Å²) >= 11 is 1.37. The van der Waals surface area contributed by atoms with Gasteiger partial charge in [-0.05, 0) is 23.9 Å². The summed E-state index contributed by atoms with van der Waals surface area (Å²) in [5.41, 5.74) is 0. The average Bonchev–Trinajstić information content (AvgIpc) is 2.81. The van der Waals surface area contributed by atoms with E-state index in [0.717, 1.165) is 10.1 Å². The molecule has 1 unspecified atom stereocenters. The minimum absolute atomic E-state index is 0.318. The number of benzene rings is 1. The number of nitrogens with one attached hydrogen (secondary N) is 1. The van der Waals surface area contributed by atoms with Crippen molar-refractivity contribution in [1.82, 2.24) is 5.32 Å². The summed E-state index contributed by atoms with van der Waals surface area (Å²) in [6, 6.07) is 8.68. The number of carbonyl (C=O) groups excluding carboxylic acids is 1. The number of aliphatic carboxylic acids is 1. The first-order valence-corrected chi connectivity index (χ1v) is 6.95. The first kappa shape index (κ1) is 13.5. The summed E-state index contributed by atoms with van der Waals surface area (Å²) in [6.07, 6.45) is 1.15. The molecule has 1 heterocycles. The summed E-state index contributed by atoms with van der Waals surface area (Å²) in [5, 5.41) is 12.6. The van der Waals surface area contributed by atoms with Crippen LogP contribution < -0.4 is 5.32 Å². The molecule has 0 aliphatic carbocycles. The number of carboxylic acids is 1. The molecule has 1 atom stereocenters. The molecule has 0 saturated carbocycles. The third-order valence-corrected chi connectivity index (χ3v) is 3.94. The van der Waals surface area contributed by atoms with Gasteiger partial charge in [-0.1, -0.05) is 31.5 Å². The Labute approximate surface area is 115 Å². The zero-order valence-electron chi connectivity index (χ0n) is 10.6. The Balaban J connectivity index is 2.16. The quantitative estimate of drug-likeness (QED) is 0.883. The van der Waals surface area contributed by atoms with E-state index in [9.17, 15) is 9.59 Å². The molecule has 0 aliphatic heterocycles. The van der Waals surface area contributed by atoms with E-state index in [-0.39, 0.29) is 5.91 Å². The Morgan fingerprint density at radius 2 is 2.11 bits per heavy atom. The molecule has 0 aliphatic rings. The van der Waals surface area contributed by atoms with Crippen molar-refractivity contribution in [3.63, 3.8) is 0 Å². The number of thiophene rings is 1. The van der Waals surface area contributed by atoms with Crippen LogP contribution in [0.5, 0.6) is 0 Å². The lowest BCUT2D eigenvalue weighted by Crippen LogP contribution is -2.40. The maximum absolute atomic E-state index is 12.0. The third-order valence-electron chi connectivity index (χ3n) is 2.83. The van der Waals surface area contributed by atoms with Gasteiger partial charge in [0.15, 0.2) is 0 Å². The number of fused-ring (bicyclic) bond motifs is 1. The molecule has 2 rings (SSSR count). The summed E-state index contributed by atoms with van der Waals surface area (Å²) in [7, 11) is 0. The lowest BCUT2D eigenvalue weighted by molar-refractivity contribution is -0.139. The highest BCUT2D eigenvalue weighted by molar-refractivity contribution is 7.20. The van der Waals surface area contributed by atoms with Gasteiger partial charge in [0.1, 0.15) is 6.04 Å². The zero-order chi connectivity index (χ0) is 13.8. The van der Waals surface area contributed by atoms with Gasteiger partial charge < -0.3 is 10.4 Å². The molecule has 0 bridgehead atoms. The second-order valence-corrected chi connectivity index (χ2v) is 5.39. The molecule has 0 spiro atoms. The van der Waals surface area contributed by atoms with Crippen molar-refractivity contribution in [3.8, 4) is 0 Å². The molecule has 2 N–H and O–H groups in total. The lowest BCUT2D eigenvalue weighted by atomic mass is 10.1. The lowest BCUT2D eigenvalue weighted by Gasteiger charge is -2.12. The number of carboxylic acid groups (broad SMARTS) is 1. The van der Waals surface area contributed by atoms with Gasteiger partial charge in [-0.15, -0.1) is 11.3 Å². The SMILES string of the molecule is CCCC(NC(=O)c1cc2ccccc2s1)C(=O)O. The van der Waals surface area contributed by atoms with Crippen molar-refractivity contribution in [1.29, 1.82) is 0 Å². The average molecular weight is 277 g/mol. The number of rotatable bonds is 5. The maximum Gasteiger partial charge on any atom is 0.326 e. The van der Waals surface area contributed by atoms with E-state index in [2.05, 4.69) is 5.32 Å². The monoisotopic (exact) mass is 277 g/mol. The molecule has 0 radical (unpaired) electrons. The minimum atomic E-state index is -0.990. The molecule has 0 saturated heterocycles. The minimum Gasteiger partial charge on any atom is -0.480 e. The fourth-order valence-electron chi connectivity index (χ4n) is 1.87. The van der Waals surface area contributed by atoms with E-state index in [1.165, 1.54) is 11.3 Å². The van der Waals surface area contributed by atoms with Crippen molar-refractivity contribution in [2.75, 3.05) is 0 Å². The first-order valence-electron chi connectivity index (χ1n) is 6.14. The molecule has 5 heteroatoms. The molecule has 100 valence electrons. The van der Waals surface area contributed by atoms with Gasteiger partial charge in [-0.2, -0.15) is 0 Å². The predicted octanol–water partition coefficient (Wildman–Crippen LogP) is 2.88. The van der Waals surface area contributed by atoms with E-state index in [4.69, 9.17) is 5.11 Å². The van der Waals surface area contributed by atoms with Gasteiger partial charge >= 0.3 is 5.97 Å². The van der Waals surface area contributed by atoms with Crippen molar-refractivity contribution < 1.29 is 14.7 Å². The highest BCUT2D eigenvalue weighted by Crippen LogP contribution is 2.25. The fraction of sp³-hybridized carbons (Fsp3) is 0.286. The van der Waals surface area contributed by atoms with Crippen LogP contribution >= 0.6 is 11.3 Å². The Kier molecular flexibility index (Phi) is 4.16. The number of hydrogen-bond donors (Lipinski definition) is 2. The Morgan fingerprint density at radius 3 is 2.74 bits per heavy atom. The summed E-state index contributed by atoms with van der Waals surface area (Å²) in [5.74, 6) is -1.31. The van der Waals surface area contributed by atoms with Crippen LogP contribution in [0.2, 0.25) is 0 Å². The van der Waals surface area contributed by atoms with Crippen molar-refractivity contribution >= 4 is 33.3 Å². The van der Waals surface area contributed by atoms with Gasteiger partial charge in [0.05, 0.1) is 4.88 Å². The number of amides is 1. The van der Waals surface area contributed by atoms with Crippen molar-refractivity contribution in [3.05, 3.63) is 35.2 Å². The van der Waals surface area contributed by atoms with E-state index in [0.29, 0.717) is 17.7 Å². The second-order valence-electron chi connectivity index (χ2n) is 4.30. The zero-order valence-corrected chi connectivity index (χ0v) is 11.4. The topological polar surface area (TPSA) is 66.4 Å². The first-order chi connectivity index (χ1) is 9.11. The maximum atomic E-state index is 12.0. The van der Waals surface area contributed by atoms with Crippen LogP contribution in [0.3, 0.4) is 0 Å². The standard InChI is InChI=1S/C14H15NO3S/c1-2-5-10(14(17)18)15-13(16)12-8-9-6-3-4-7-11(9)19-12/h3-4,6-8,10H,2,5H2,1H3,(H,15,16)(H,17,18). The smallest absolute Gasteiger partial charge is 0.326 e. The Morgan fingerprint density at radius 1 is 1.37 bits per heavy atom. The van der Waals surface area contributed by atoms with Crippen molar-refractivity contribution in [2.24, 2.45) is 0 Å². The van der Waals surface area contributed by atoms with Crippen LogP contribution in [0.15, 0.2) is 30.3 Å². The van der Waals surface area contributed by atoms with Crippen LogP contribution in [-0.2, 0) is 4.79 Å². The molecule has 1 amide bonds. The van der Waals surface area contributed by atoms with Gasteiger partial charge in [0.2, 0.25) is 0 Å². The largest absolute Gasteiger partial charge is 0.480 e. The fourth-order valence-corrected chi connectivity index (χ4v) is 2.84. The third kappa shape index (κ3) is 3.12. The molecule has 1 aromatic heterocycles. The number of carbonyl (C=O) groups is 2. The van der Waals surface area contributed by atoms with Crippen LogP contribution in [0, 0.1) is 0 Å². The summed E-state index contributed by atoms with van der Waals surface area (Å²) in [4.78, 5) is 23.6. The van der Waals surface area contributed by atoms with E-state index in [1.807, 2.05) is 31.2 Å². The van der Waals surface area contributed by atoms with Crippen LogP contribution in [0.1, 0.15) is 29.4 Å². The highest BCUT2D eigenvalue weighted by Gasteiger charge is 2.20. The normalized spacial score (nSPS) is 12.3. The van der Waals surface area contributed by atoms with Gasteiger partial charge in [0, 0.05) is 4.70 Å². The Hall–Kier alpha value is -1.88. The summed E-state index contributed by atoms with van der Waals surface area (Å²) < 4.78 is 1.02. The molecule has 1 aromatic carbocycles. The predicted molar refractivity (Wildman–Crippen MR) is 75.6 cm³/mol. The molecule has 2 aromatic rings. The summed E-state index contributed by atoms with van der Waals surface area (Å²) in [6.45, 7) is 1.89. The van der Waals surface area contributed by atoms with Gasteiger partial charge in [0.25, 0.3) is 5.91 Å². The molecular formula is C14H15NO3S. The van der Waals surface area contributed by atoms with E-state index < -0.39 is 12.0 Å². The molecule has 0 fully saturated rings. The van der Waals surface area contributed by atoms with Crippen LogP contribution in [-0.4, -0.2) is 23.0 Å². The van der Waals surface area contributed by atoms with E-state index >= 15 is 0 Å². The second kappa shape index (κ2) is 5.84. The molecule has 19 heavy (non-hydrogen) atoms. The van der Waals surface area contributed by atoms with E-state index in [1.54, 1.807) is 6.07 Å². The highest BCUT2D eigenvalue weighted by atomic mass is 32.1. The number of hydrogen-bond acceptors (Lipinski definition) is 3. The Bertz CT molecular complexity index is 573. The molecular weight excluding hydrogens is 262 g/mol.